The van der Waals surface area contributed by atoms with Gasteiger partial charge in [0.2, 0.25) is 0 Å². The van der Waals surface area contributed by atoms with Gasteiger partial charge in [-0.15, -0.1) is 0 Å². The third-order valence-corrected chi connectivity index (χ3v) is 4.54. The summed E-state index contributed by atoms with van der Waals surface area (Å²) >= 11 is 0. The molecule has 0 aromatic carbocycles. The predicted octanol–water partition coefficient (Wildman–Crippen LogP) is 0.952. The van der Waals surface area contributed by atoms with Crippen LogP contribution in [-0.2, 0) is 9.84 Å². The predicted molar refractivity (Wildman–Crippen MR) is 67.4 cm³/mol. The highest BCUT2D eigenvalue weighted by atomic mass is 32.2. The summed E-state index contributed by atoms with van der Waals surface area (Å²) < 4.78 is 22.7. The summed E-state index contributed by atoms with van der Waals surface area (Å²) in [5.74, 6) is 0.466. The summed E-state index contributed by atoms with van der Waals surface area (Å²) in [4.78, 5) is 0. The molecule has 1 rings (SSSR count). The van der Waals surface area contributed by atoms with Crippen molar-refractivity contribution in [3.63, 3.8) is 0 Å². The minimum absolute atomic E-state index is 0.137. The number of hydrogen-bond donors (Lipinski definition) is 1. The number of aromatic nitrogens is 2. The highest BCUT2D eigenvalue weighted by molar-refractivity contribution is 7.91. The Kier molecular flexibility index (Phi) is 5.50. The van der Waals surface area contributed by atoms with Gasteiger partial charge in [-0.2, -0.15) is 10.2 Å². The minimum atomic E-state index is -2.86. The summed E-state index contributed by atoms with van der Waals surface area (Å²) in [6.07, 6.45) is 4.78. The quantitative estimate of drug-likeness (QED) is 0.787. The molecule has 0 saturated carbocycles. The summed E-state index contributed by atoms with van der Waals surface area (Å²) in [7, 11) is -1.00. The van der Waals surface area contributed by atoms with Crippen LogP contribution in [0.15, 0.2) is 18.5 Å². The summed E-state index contributed by atoms with van der Waals surface area (Å²) in [5, 5.41) is 10.7. The van der Waals surface area contributed by atoms with Gasteiger partial charge in [0, 0.05) is 18.0 Å². The largest absolute Gasteiger partial charge is 0.313 e. The van der Waals surface area contributed by atoms with E-state index in [4.69, 9.17) is 0 Å². The van der Waals surface area contributed by atoms with Crippen LogP contribution in [0.25, 0.3) is 0 Å². The van der Waals surface area contributed by atoms with Gasteiger partial charge >= 0.3 is 0 Å². The van der Waals surface area contributed by atoms with Gasteiger partial charge < -0.3 is 5.32 Å². The normalized spacial score (nSPS) is 13.5. The van der Waals surface area contributed by atoms with E-state index < -0.39 is 9.84 Å². The van der Waals surface area contributed by atoms with Crippen LogP contribution in [0.1, 0.15) is 31.4 Å². The van der Waals surface area contributed by atoms with Crippen LogP contribution in [0.4, 0.5) is 0 Å². The Morgan fingerprint density at radius 3 is 2.71 bits per heavy atom. The van der Waals surface area contributed by atoms with E-state index in [2.05, 4.69) is 15.5 Å². The zero-order valence-electron chi connectivity index (χ0n) is 10.3. The maximum absolute atomic E-state index is 11.4. The van der Waals surface area contributed by atoms with Gasteiger partial charge in [-0.1, -0.05) is 6.92 Å². The van der Waals surface area contributed by atoms with Crippen molar-refractivity contribution in [1.82, 2.24) is 15.5 Å². The molecule has 96 valence electrons. The minimum Gasteiger partial charge on any atom is -0.313 e. The number of nitrogens with one attached hydrogen (secondary N) is 1. The topological polar surface area (TPSA) is 72.0 Å². The first-order valence-electron chi connectivity index (χ1n) is 5.73. The molecule has 1 heterocycles. The third-order valence-electron chi connectivity index (χ3n) is 2.75. The Hall–Kier alpha value is -1.01. The molecule has 0 amide bonds. The maximum atomic E-state index is 11.4. The smallest absolute Gasteiger partial charge is 0.150 e. The molecule has 0 saturated heterocycles. The molecular weight excluding hydrogens is 238 g/mol. The van der Waals surface area contributed by atoms with Gasteiger partial charge in [0.25, 0.3) is 0 Å². The van der Waals surface area contributed by atoms with Crippen molar-refractivity contribution in [2.75, 3.05) is 18.6 Å². The van der Waals surface area contributed by atoms with Crippen molar-refractivity contribution >= 4 is 9.84 Å². The van der Waals surface area contributed by atoms with Crippen LogP contribution < -0.4 is 5.32 Å². The molecule has 0 radical (unpaired) electrons. The molecule has 0 spiro atoms. The Labute approximate surface area is 103 Å². The van der Waals surface area contributed by atoms with Gasteiger partial charge in [0.05, 0.1) is 11.9 Å². The molecule has 0 aliphatic carbocycles. The second-order valence-electron chi connectivity index (χ2n) is 3.90. The Bertz CT molecular complexity index is 420. The lowest BCUT2D eigenvalue weighted by Gasteiger charge is -2.15. The third kappa shape index (κ3) is 4.79. The van der Waals surface area contributed by atoms with Gasteiger partial charge in [0.1, 0.15) is 9.84 Å². The molecule has 17 heavy (non-hydrogen) atoms. The van der Waals surface area contributed by atoms with Crippen molar-refractivity contribution in [3.05, 3.63) is 24.0 Å². The molecule has 0 aliphatic heterocycles. The van der Waals surface area contributed by atoms with Crippen LogP contribution in [-0.4, -0.2) is 37.2 Å². The van der Waals surface area contributed by atoms with Crippen LogP contribution in [0, 0.1) is 0 Å². The molecule has 0 fully saturated rings. The fourth-order valence-electron chi connectivity index (χ4n) is 1.64. The first-order valence-corrected chi connectivity index (χ1v) is 7.55. The van der Waals surface area contributed by atoms with E-state index in [0.29, 0.717) is 6.42 Å². The molecular formula is C11H19N3O2S. The Morgan fingerprint density at radius 1 is 1.41 bits per heavy atom. The second kappa shape index (κ2) is 6.66. The molecule has 6 heteroatoms. The molecule has 0 aliphatic rings. The molecule has 1 aromatic heterocycles. The lowest BCUT2D eigenvalue weighted by atomic mass is 10.1. The van der Waals surface area contributed by atoms with E-state index in [9.17, 15) is 8.42 Å². The van der Waals surface area contributed by atoms with E-state index in [0.717, 1.165) is 12.0 Å². The number of nitrogens with zero attached hydrogens (tertiary/aromatic N) is 2. The molecule has 0 bridgehead atoms. The average Bonchev–Trinajstić information content (AvgIpc) is 2.36. The van der Waals surface area contributed by atoms with Crippen molar-refractivity contribution in [3.8, 4) is 0 Å². The van der Waals surface area contributed by atoms with Gasteiger partial charge in [-0.25, -0.2) is 8.42 Å². The van der Waals surface area contributed by atoms with Crippen LogP contribution in [0.2, 0.25) is 0 Å². The number of hydrogen-bond acceptors (Lipinski definition) is 5. The molecule has 1 atom stereocenters. The van der Waals surface area contributed by atoms with E-state index in [1.807, 2.05) is 13.1 Å². The lowest BCUT2D eigenvalue weighted by molar-refractivity contribution is 0.533. The van der Waals surface area contributed by atoms with Gasteiger partial charge in [-0.05, 0) is 31.5 Å². The van der Waals surface area contributed by atoms with Crippen molar-refractivity contribution in [2.24, 2.45) is 0 Å². The molecule has 5 nitrogen and oxygen atoms in total. The lowest BCUT2D eigenvalue weighted by Crippen LogP contribution is -2.18. The average molecular weight is 257 g/mol. The highest BCUT2D eigenvalue weighted by Crippen LogP contribution is 2.16. The molecule has 1 aromatic rings. The van der Waals surface area contributed by atoms with Crippen LogP contribution in [0.5, 0.6) is 0 Å². The first kappa shape index (κ1) is 14.1. The summed E-state index contributed by atoms with van der Waals surface area (Å²) in [5.41, 5.74) is 1.04. The van der Waals surface area contributed by atoms with Crippen molar-refractivity contribution in [2.45, 2.75) is 25.8 Å². The van der Waals surface area contributed by atoms with Crippen molar-refractivity contribution in [1.29, 1.82) is 0 Å². The second-order valence-corrected chi connectivity index (χ2v) is 6.37. The fraction of sp³-hybridized carbons (Fsp3) is 0.636. The first-order chi connectivity index (χ1) is 8.09. The monoisotopic (exact) mass is 257 g/mol. The fourth-order valence-corrected chi connectivity index (χ4v) is 2.53. The molecule has 1 N–H and O–H groups in total. The van der Waals surface area contributed by atoms with E-state index in [1.165, 1.54) is 0 Å². The van der Waals surface area contributed by atoms with E-state index in [1.54, 1.807) is 19.3 Å². The summed E-state index contributed by atoms with van der Waals surface area (Å²) in [6, 6.07) is 2.03. The number of sulfone groups is 1. The molecule has 1 unspecified atom stereocenters. The SMILES string of the molecule is CCS(=O)(=O)CCCC(NC)c1ccnnc1. The van der Waals surface area contributed by atoms with E-state index in [-0.39, 0.29) is 17.5 Å². The Balaban J connectivity index is 2.50. The standard InChI is InChI=1S/C11H19N3O2S/c1-3-17(15,16)8-4-5-11(12-2)10-6-7-13-14-9-10/h6-7,9,11-12H,3-5,8H2,1-2H3. The maximum Gasteiger partial charge on any atom is 0.150 e. The zero-order chi connectivity index (χ0) is 12.7. The number of rotatable bonds is 7. The zero-order valence-corrected chi connectivity index (χ0v) is 11.1. The van der Waals surface area contributed by atoms with Crippen LogP contribution >= 0.6 is 0 Å². The van der Waals surface area contributed by atoms with E-state index >= 15 is 0 Å². The van der Waals surface area contributed by atoms with Crippen molar-refractivity contribution < 1.29 is 8.42 Å². The van der Waals surface area contributed by atoms with Gasteiger partial charge in [0.15, 0.2) is 0 Å². The Morgan fingerprint density at radius 2 is 2.18 bits per heavy atom. The highest BCUT2D eigenvalue weighted by Gasteiger charge is 2.12. The van der Waals surface area contributed by atoms with Gasteiger partial charge in [-0.3, -0.25) is 0 Å². The summed E-state index contributed by atoms with van der Waals surface area (Å²) in [6.45, 7) is 1.68. The van der Waals surface area contributed by atoms with Crippen LogP contribution in [0.3, 0.4) is 0 Å².